The molecule has 0 aromatic carbocycles. The van der Waals surface area contributed by atoms with Crippen molar-refractivity contribution in [2.24, 2.45) is 0 Å². The van der Waals surface area contributed by atoms with Gasteiger partial charge < -0.3 is 8.53 Å². The van der Waals surface area contributed by atoms with E-state index in [1.165, 1.54) is 6.33 Å². The molecule has 2 rings (SSSR count). The van der Waals surface area contributed by atoms with Crippen LogP contribution in [0.15, 0.2) is 11.1 Å². The van der Waals surface area contributed by atoms with Crippen LogP contribution in [0.2, 0.25) is 0 Å². The van der Waals surface area contributed by atoms with Crippen LogP contribution in [0.1, 0.15) is 11.3 Å². The molecule has 0 aliphatic rings. The first kappa shape index (κ1) is 8.55. The molecule has 0 amide bonds. The number of aromatic nitrogens is 3. The lowest BCUT2D eigenvalue weighted by Gasteiger charge is -1.97. The molecule has 0 saturated carbocycles. The van der Waals surface area contributed by atoms with Gasteiger partial charge in [-0.25, -0.2) is 4.98 Å². The van der Waals surface area contributed by atoms with Crippen LogP contribution in [-0.2, 0) is 0 Å². The van der Waals surface area contributed by atoms with Gasteiger partial charge in [0, 0.05) is 0 Å². The van der Waals surface area contributed by atoms with Gasteiger partial charge >= 0.3 is 16.5 Å². The van der Waals surface area contributed by atoms with Crippen LogP contribution in [-0.4, -0.2) is 30.0 Å². The van der Waals surface area contributed by atoms with Crippen molar-refractivity contribution in [2.75, 3.05) is 0 Å². The minimum Gasteiger partial charge on any atom is -0.438 e. The van der Waals surface area contributed by atoms with E-state index in [-0.39, 0.29) is 5.56 Å². The molecule has 0 saturated heterocycles. The number of rotatable bonds is 0. The molecule has 0 atom stereocenters. The minimum atomic E-state index is -0.0452. The first-order valence-corrected chi connectivity index (χ1v) is 5.01. The van der Waals surface area contributed by atoms with Crippen molar-refractivity contribution < 1.29 is 0 Å². The smallest absolute Gasteiger partial charge is 0.370 e. The third-order valence-corrected chi connectivity index (χ3v) is 3.68. The van der Waals surface area contributed by atoms with E-state index >= 15 is 0 Å². The van der Waals surface area contributed by atoms with Gasteiger partial charge in [0.25, 0.3) is 5.56 Å². The molecule has 0 spiro atoms. The average molecular weight is 191 g/mol. The number of hydrogen-bond donors (Lipinski definition) is 1. The fraction of sp³-hybridized carbons (Fsp3) is 0.250. The van der Waals surface area contributed by atoms with Crippen molar-refractivity contribution in [2.45, 2.75) is 13.8 Å². The molecular weight excluding hydrogens is 181 g/mol. The maximum atomic E-state index is 11.5. The molecule has 0 unspecified atom stereocenters. The summed E-state index contributed by atoms with van der Waals surface area (Å²) in [6.07, 6.45) is 1.46. The molecule has 1 N–H and O–H groups in total. The monoisotopic (exact) mass is 191 g/mol. The Bertz CT molecular complexity index is 526. The highest BCUT2D eigenvalue weighted by Crippen LogP contribution is 2.17. The normalized spacial score (nSPS) is 10.9. The number of H-pyrrole nitrogens is 1. The first-order chi connectivity index (χ1) is 6.13. The summed E-state index contributed by atoms with van der Waals surface area (Å²) in [6, 6.07) is 0. The van der Waals surface area contributed by atoms with Gasteiger partial charge in [-0.15, -0.1) is 0 Å². The summed E-state index contributed by atoms with van der Waals surface area (Å²) in [7, 11) is 0. The van der Waals surface area contributed by atoms with Crippen molar-refractivity contribution in [1.82, 2.24) is 13.5 Å². The summed E-state index contributed by atoms with van der Waals surface area (Å²) in [5.74, 6) is 0. The van der Waals surface area contributed by atoms with Gasteiger partial charge in [0.05, 0.1) is 11.8 Å². The van der Waals surface area contributed by atoms with Crippen molar-refractivity contribution in [3.63, 3.8) is 0 Å². The number of nitrogens with one attached hydrogen (secondary N) is 1. The van der Waals surface area contributed by atoms with Crippen molar-refractivity contribution in [3.8, 4) is 0 Å². The Balaban J connectivity index is 3.12. The summed E-state index contributed by atoms with van der Waals surface area (Å²) in [5.41, 5.74) is 3.75. The Labute approximate surface area is 83.2 Å². The molecule has 0 bridgehead atoms. The van der Waals surface area contributed by atoms with Crippen molar-refractivity contribution in [1.29, 1.82) is 0 Å². The van der Waals surface area contributed by atoms with Gasteiger partial charge in [-0.1, -0.05) is 0 Å². The summed E-state index contributed by atoms with van der Waals surface area (Å²) in [6.45, 7) is 4.02. The number of nitrogens with zero attached hydrogens (tertiary/aromatic N) is 2. The second-order valence-corrected chi connectivity index (χ2v) is 4.09. The molecule has 13 heavy (non-hydrogen) atoms. The zero-order valence-electron chi connectivity index (χ0n) is 7.88. The van der Waals surface area contributed by atoms with Gasteiger partial charge in [0.2, 0.25) is 0 Å². The Kier molecular flexibility index (Phi) is 1.79. The van der Waals surface area contributed by atoms with E-state index < -0.39 is 0 Å². The molecule has 66 valence electrons. The van der Waals surface area contributed by atoms with E-state index in [1.54, 1.807) is 0 Å². The highest BCUT2D eigenvalue weighted by molar-refractivity contribution is 6.12. The molecule has 0 aliphatic carbocycles. The molecule has 4 nitrogen and oxygen atoms in total. The first-order valence-electron chi connectivity index (χ1n) is 4.12. The van der Waals surface area contributed by atoms with E-state index in [4.69, 9.17) is 0 Å². The second-order valence-electron chi connectivity index (χ2n) is 3.20. The van der Waals surface area contributed by atoms with E-state index in [0.29, 0.717) is 5.52 Å². The van der Waals surface area contributed by atoms with Crippen LogP contribution in [0.3, 0.4) is 0 Å². The molecule has 0 radical (unpaired) electrons. The second kappa shape index (κ2) is 2.73. The van der Waals surface area contributed by atoms with Crippen molar-refractivity contribution in [3.05, 3.63) is 27.9 Å². The largest absolute Gasteiger partial charge is 0.438 e. The summed E-state index contributed by atoms with van der Waals surface area (Å²) in [5, 5.41) is 0. The Morgan fingerprint density at radius 3 is 2.85 bits per heavy atom. The fourth-order valence-corrected chi connectivity index (χ4v) is 2.32. The quantitative estimate of drug-likeness (QED) is 0.583. The third kappa shape index (κ3) is 1.05. The van der Waals surface area contributed by atoms with Gasteiger partial charge in [-0.3, -0.25) is 4.79 Å². The number of hydrogen-bond acceptors (Lipinski definition) is 2. The highest BCUT2D eigenvalue weighted by Gasteiger charge is 2.10. The predicted octanol–water partition coefficient (Wildman–Crippen LogP) is -0.262. The van der Waals surface area contributed by atoms with Gasteiger partial charge in [0.1, 0.15) is 5.52 Å². The Morgan fingerprint density at radius 1 is 1.54 bits per heavy atom. The molecule has 5 heteroatoms. The average Bonchev–Trinajstić information content (AvgIpc) is 2.33. The number of aromatic amines is 1. The molecule has 2 aromatic rings. The van der Waals surface area contributed by atoms with Gasteiger partial charge in [-0.2, -0.15) is 0 Å². The maximum Gasteiger partial charge on any atom is 0.370 e. The van der Waals surface area contributed by atoms with E-state index in [9.17, 15) is 4.79 Å². The van der Waals surface area contributed by atoms with Crippen LogP contribution in [0.25, 0.3) is 11.0 Å². The molecule has 2 heterocycles. The summed E-state index contributed by atoms with van der Waals surface area (Å²) in [4.78, 5) is 18.2. The highest BCUT2D eigenvalue weighted by atomic mass is 27.1. The van der Waals surface area contributed by atoms with E-state index in [1.807, 2.05) is 17.4 Å². The lowest BCUT2D eigenvalue weighted by molar-refractivity contribution is 1.13. The lowest BCUT2D eigenvalue weighted by atomic mass is 10.2. The van der Waals surface area contributed by atoms with Crippen LogP contribution in [0, 0.1) is 13.8 Å². The molecule has 0 aliphatic heterocycles. The fourth-order valence-electron chi connectivity index (χ4n) is 1.57. The standard InChI is InChI=1S/C8H9N3O.Al.2H/c1-4-5(2)11-7-6(4)9-3-10-8(7)12;;;/h3H,1-2H3,(H2,9,10,11,12);;;/q;+1;;/p-1. The molecule has 2 aromatic heterocycles. The minimum absolute atomic E-state index is 0.0452. The van der Waals surface area contributed by atoms with Crippen LogP contribution >= 0.6 is 0 Å². The van der Waals surface area contributed by atoms with Crippen LogP contribution in [0.5, 0.6) is 0 Å². The molecular formula is C8H10AlN3O. The predicted molar refractivity (Wildman–Crippen MR) is 53.8 cm³/mol. The Morgan fingerprint density at radius 2 is 2.23 bits per heavy atom. The maximum absolute atomic E-state index is 11.5. The lowest BCUT2D eigenvalue weighted by Crippen LogP contribution is -2.10. The van der Waals surface area contributed by atoms with Crippen LogP contribution in [0.4, 0.5) is 0 Å². The van der Waals surface area contributed by atoms with E-state index in [0.717, 1.165) is 33.3 Å². The summed E-state index contributed by atoms with van der Waals surface area (Å²) >= 11 is 0.815. The van der Waals surface area contributed by atoms with Gasteiger partial charge in [0.15, 0.2) is 0 Å². The number of aryl methyl sites for hydroxylation is 1. The zero-order chi connectivity index (χ0) is 9.59. The van der Waals surface area contributed by atoms with Gasteiger partial charge in [-0.05, 0) is 25.1 Å². The van der Waals surface area contributed by atoms with Crippen LogP contribution < -0.4 is 5.56 Å². The molecule has 0 fully saturated rings. The number of fused-ring (bicyclic) bond motifs is 1. The third-order valence-electron chi connectivity index (χ3n) is 2.57. The topological polar surface area (TPSA) is 50.7 Å². The van der Waals surface area contributed by atoms with E-state index in [2.05, 4.69) is 9.97 Å². The summed E-state index contributed by atoms with van der Waals surface area (Å²) < 4.78 is 2.01. The zero-order valence-corrected chi connectivity index (χ0v) is 9.88. The Hall–Kier alpha value is -1.05. The van der Waals surface area contributed by atoms with Crippen molar-refractivity contribution >= 4 is 27.5 Å². The SMILES string of the molecule is Cc1c(C)[n]([AlH2])c2c(=O)[nH]cnc12.